The molecule has 8 nitrogen and oxygen atoms in total. The zero-order valence-electron chi connectivity index (χ0n) is 19.8. The van der Waals surface area contributed by atoms with Crippen LogP contribution in [0.2, 0.25) is 0 Å². The summed E-state index contributed by atoms with van der Waals surface area (Å²) in [5.41, 5.74) is 7.52. The molecule has 1 saturated heterocycles. The summed E-state index contributed by atoms with van der Waals surface area (Å²) >= 11 is 0. The highest BCUT2D eigenvalue weighted by molar-refractivity contribution is 5.97. The van der Waals surface area contributed by atoms with Gasteiger partial charge in [0.1, 0.15) is 17.7 Å². The first kappa shape index (κ1) is 23.6. The molecular formula is C26H32N6O2. The van der Waals surface area contributed by atoms with Crippen molar-refractivity contribution in [3.63, 3.8) is 0 Å². The Labute approximate surface area is 200 Å². The molecule has 0 radical (unpaired) electrons. The Morgan fingerprint density at radius 3 is 2.38 bits per heavy atom. The third-order valence-corrected chi connectivity index (χ3v) is 6.53. The van der Waals surface area contributed by atoms with Gasteiger partial charge in [-0.2, -0.15) is 0 Å². The maximum atomic E-state index is 13.4. The molecule has 4 rings (SSSR count). The lowest BCUT2D eigenvalue weighted by atomic mass is 9.97. The van der Waals surface area contributed by atoms with Gasteiger partial charge >= 0.3 is 0 Å². The number of nitrogens with one attached hydrogen (secondary N) is 1. The number of hydrogen-bond acceptors (Lipinski definition) is 6. The van der Waals surface area contributed by atoms with Crippen LogP contribution in [-0.4, -0.2) is 63.8 Å². The van der Waals surface area contributed by atoms with E-state index in [0.29, 0.717) is 49.9 Å². The van der Waals surface area contributed by atoms with E-state index in [-0.39, 0.29) is 17.7 Å². The van der Waals surface area contributed by atoms with Crippen LogP contribution < -0.4 is 11.1 Å². The van der Waals surface area contributed by atoms with Crippen LogP contribution >= 0.6 is 0 Å². The van der Waals surface area contributed by atoms with Crippen LogP contribution in [0.3, 0.4) is 0 Å². The molecule has 2 atom stereocenters. The number of hydrogen-bond donors (Lipinski definition) is 2. The average molecular weight is 461 g/mol. The van der Waals surface area contributed by atoms with Gasteiger partial charge in [-0.3, -0.25) is 14.5 Å². The van der Waals surface area contributed by atoms with Gasteiger partial charge in [0.2, 0.25) is 5.91 Å². The number of piperazine rings is 1. The van der Waals surface area contributed by atoms with Gasteiger partial charge in [0, 0.05) is 37.1 Å². The number of nitrogens with two attached hydrogens (primary N) is 1. The first-order valence-electron chi connectivity index (χ1n) is 11.8. The first-order valence-corrected chi connectivity index (χ1v) is 11.8. The van der Waals surface area contributed by atoms with Crippen LogP contribution in [0.1, 0.15) is 36.5 Å². The quantitative estimate of drug-likeness (QED) is 0.562. The number of para-hydroxylation sites is 1. The van der Waals surface area contributed by atoms with Gasteiger partial charge in [-0.15, -0.1) is 0 Å². The molecule has 178 valence electrons. The van der Waals surface area contributed by atoms with Crippen molar-refractivity contribution in [1.82, 2.24) is 25.1 Å². The van der Waals surface area contributed by atoms with Crippen LogP contribution in [-0.2, 0) is 11.3 Å². The number of carbonyl (C=O) groups is 2. The third kappa shape index (κ3) is 5.34. The Balaban J connectivity index is 1.38. The van der Waals surface area contributed by atoms with Crippen molar-refractivity contribution < 1.29 is 9.59 Å². The molecule has 1 aromatic heterocycles. The summed E-state index contributed by atoms with van der Waals surface area (Å²) in [5, 5.41) is 3.83. The molecule has 1 aliphatic rings. The van der Waals surface area contributed by atoms with E-state index in [2.05, 4.69) is 20.2 Å². The zero-order chi connectivity index (χ0) is 24.1. The zero-order valence-corrected chi connectivity index (χ0v) is 19.8. The van der Waals surface area contributed by atoms with Crippen LogP contribution in [0.5, 0.6) is 0 Å². The topological polar surface area (TPSA) is 104 Å². The van der Waals surface area contributed by atoms with Gasteiger partial charge in [0.05, 0.1) is 12.1 Å². The van der Waals surface area contributed by atoms with Gasteiger partial charge in [0.15, 0.2) is 0 Å². The molecule has 0 bridgehead atoms. The molecule has 0 saturated carbocycles. The smallest absolute Gasteiger partial charge is 0.251 e. The number of benzene rings is 2. The molecule has 2 aromatic carbocycles. The number of aromatic nitrogens is 2. The van der Waals surface area contributed by atoms with Crippen LogP contribution in [0, 0.1) is 5.92 Å². The highest BCUT2D eigenvalue weighted by atomic mass is 16.2. The number of nitrogen functional groups attached to an aromatic ring is 1. The highest BCUT2D eigenvalue weighted by Crippen LogP contribution is 2.19. The Morgan fingerprint density at radius 1 is 1.00 bits per heavy atom. The van der Waals surface area contributed by atoms with E-state index in [9.17, 15) is 9.59 Å². The second-order valence-corrected chi connectivity index (χ2v) is 8.85. The van der Waals surface area contributed by atoms with Crippen LogP contribution in [0.25, 0.3) is 10.9 Å². The Morgan fingerprint density at radius 2 is 1.68 bits per heavy atom. The van der Waals surface area contributed by atoms with E-state index in [1.165, 1.54) is 0 Å². The van der Waals surface area contributed by atoms with Crippen molar-refractivity contribution in [3.8, 4) is 0 Å². The normalized spacial score (nSPS) is 16.2. The molecule has 2 heterocycles. The lowest BCUT2D eigenvalue weighted by molar-refractivity contribution is -0.136. The summed E-state index contributed by atoms with van der Waals surface area (Å²) < 4.78 is 0. The Hall–Kier alpha value is -3.52. The minimum absolute atomic E-state index is 0.0236. The van der Waals surface area contributed by atoms with E-state index >= 15 is 0 Å². The lowest BCUT2D eigenvalue weighted by Crippen LogP contribution is -2.56. The maximum Gasteiger partial charge on any atom is 0.251 e. The summed E-state index contributed by atoms with van der Waals surface area (Å²) in [4.78, 5) is 39.3. The molecule has 1 fully saturated rings. The summed E-state index contributed by atoms with van der Waals surface area (Å²) in [6.07, 6.45) is 0.798. The fourth-order valence-electron chi connectivity index (χ4n) is 4.24. The van der Waals surface area contributed by atoms with Gasteiger partial charge < -0.3 is 16.0 Å². The Kier molecular flexibility index (Phi) is 7.37. The molecule has 1 aliphatic heterocycles. The minimum atomic E-state index is -0.548. The number of nitrogens with zero attached hydrogens (tertiary/aromatic N) is 4. The molecule has 0 aliphatic carbocycles. The summed E-state index contributed by atoms with van der Waals surface area (Å²) in [6.45, 7) is 7.23. The van der Waals surface area contributed by atoms with E-state index in [1.54, 1.807) is 12.1 Å². The van der Waals surface area contributed by atoms with Crippen molar-refractivity contribution in [2.24, 2.45) is 5.92 Å². The molecule has 3 N–H and O–H groups in total. The monoisotopic (exact) mass is 460 g/mol. The fraction of sp³-hybridized carbons (Fsp3) is 0.385. The van der Waals surface area contributed by atoms with Crippen molar-refractivity contribution in [2.75, 3.05) is 31.9 Å². The van der Waals surface area contributed by atoms with Gasteiger partial charge in [-0.1, -0.05) is 50.6 Å². The molecule has 2 amide bonds. The lowest BCUT2D eigenvalue weighted by Gasteiger charge is -2.37. The van der Waals surface area contributed by atoms with E-state index in [0.717, 1.165) is 17.3 Å². The van der Waals surface area contributed by atoms with Crippen molar-refractivity contribution in [2.45, 2.75) is 32.9 Å². The van der Waals surface area contributed by atoms with E-state index in [4.69, 9.17) is 5.73 Å². The third-order valence-electron chi connectivity index (χ3n) is 6.53. The molecule has 0 spiro atoms. The van der Waals surface area contributed by atoms with Crippen LogP contribution in [0.4, 0.5) is 5.82 Å². The van der Waals surface area contributed by atoms with Gasteiger partial charge in [-0.25, -0.2) is 9.97 Å². The Bertz CT molecular complexity index is 1140. The minimum Gasteiger partial charge on any atom is -0.383 e. The van der Waals surface area contributed by atoms with Gasteiger partial charge in [-0.05, 0) is 30.2 Å². The SMILES string of the molecule is CC[C@H](C)[C@H](NC(=O)c1ccccc1)C(=O)N1CCN(Cc2nc(N)c3ccccc3n2)CC1. The standard InChI is InChI=1S/C26H32N6O2/c1-3-18(2)23(30-25(33)19-9-5-4-6-10-19)26(34)32-15-13-31(14-16-32)17-22-28-21-12-8-7-11-20(21)24(27)29-22/h4-12,18,23H,3,13-17H2,1-2H3,(H,30,33)(H2,27,28,29)/t18-,23-/m0/s1. The molecule has 3 aromatic rings. The number of amides is 2. The molecule has 34 heavy (non-hydrogen) atoms. The summed E-state index contributed by atoms with van der Waals surface area (Å²) in [6, 6.07) is 16.2. The number of fused-ring (bicyclic) bond motifs is 1. The van der Waals surface area contributed by atoms with E-state index in [1.807, 2.05) is 61.2 Å². The number of anilines is 1. The molecule has 0 unspecified atom stereocenters. The number of rotatable bonds is 7. The van der Waals surface area contributed by atoms with Crippen LogP contribution in [0.15, 0.2) is 54.6 Å². The molecule has 8 heteroatoms. The predicted octanol–water partition coefficient (Wildman–Crippen LogP) is 2.70. The molecular weight excluding hydrogens is 428 g/mol. The van der Waals surface area contributed by atoms with Crippen molar-refractivity contribution in [3.05, 3.63) is 66.0 Å². The van der Waals surface area contributed by atoms with Crippen molar-refractivity contribution >= 4 is 28.5 Å². The van der Waals surface area contributed by atoms with E-state index < -0.39 is 6.04 Å². The number of carbonyl (C=O) groups excluding carboxylic acids is 2. The average Bonchev–Trinajstić information content (AvgIpc) is 2.87. The predicted molar refractivity (Wildman–Crippen MR) is 133 cm³/mol. The van der Waals surface area contributed by atoms with Crippen molar-refractivity contribution in [1.29, 1.82) is 0 Å². The van der Waals surface area contributed by atoms with Gasteiger partial charge in [0.25, 0.3) is 5.91 Å². The maximum absolute atomic E-state index is 13.4. The summed E-state index contributed by atoms with van der Waals surface area (Å²) in [5.74, 6) is 0.962. The second kappa shape index (κ2) is 10.6. The fourth-order valence-corrected chi connectivity index (χ4v) is 4.24. The second-order valence-electron chi connectivity index (χ2n) is 8.85. The first-order chi connectivity index (χ1) is 16.5. The highest BCUT2D eigenvalue weighted by Gasteiger charge is 2.32. The summed E-state index contributed by atoms with van der Waals surface area (Å²) in [7, 11) is 0. The largest absolute Gasteiger partial charge is 0.383 e.